The molecule has 1 atom stereocenters. The van der Waals surface area contributed by atoms with Gasteiger partial charge in [0.2, 0.25) is 0 Å². The Kier molecular flexibility index (Phi) is 6.55. The number of rotatable bonds is 7. The second kappa shape index (κ2) is 8.43. The maximum absolute atomic E-state index is 3.28. The van der Waals surface area contributed by atoms with Crippen molar-refractivity contribution in [1.29, 1.82) is 0 Å². The number of benzene rings is 1. The van der Waals surface area contributed by atoms with Crippen molar-refractivity contribution in [2.24, 2.45) is 5.92 Å². The van der Waals surface area contributed by atoms with Crippen molar-refractivity contribution in [3.05, 3.63) is 35.9 Å². The molecule has 2 nitrogen and oxygen atoms in total. The number of piperidine rings is 1. The van der Waals surface area contributed by atoms with Gasteiger partial charge in [-0.15, -0.1) is 0 Å². The van der Waals surface area contributed by atoms with Crippen LogP contribution in [0.2, 0.25) is 0 Å². The van der Waals surface area contributed by atoms with Crippen LogP contribution in [0.15, 0.2) is 30.3 Å². The van der Waals surface area contributed by atoms with Crippen LogP contribution in [-0.4, -0.2) is 37.6 Å². The molecule has 0 bridgehead atoms. The highest BCUT2D eigenvalue weighted by Gasteiger charge is 2.23. The lowest BCUT2D eigenvalue weighted by Gasteiger charge is -2.37. The fraction of sp³-hybridized carbons (Fsp3) is 0.667. The number of nitrogens with zero attached hydrogens (tertiary/aromatic N) is 1. The Morgan fingerprint density at radius 3 is 2.50 bits per heavy atom. The third kappa shape index (κ3) is 4.60. The molecule has 1 heterocycles. The predicted octanol–water partition coefficient (Wildman–Crippen LogP) is 3.33. The lowest BCUT2D eigenvalue weighted by Crippen LogP contribution is -2.42. The molecule has 20 heavy (non-hydrogen) atoms. The van der Waals surface area contributed by atoms with E-state index in [0.29, 0.717) is 0 Å². The minimum Gasteiger partial charge on any atom is -0.320 e. The van der Waals surface area contributed by atoms with E-state index in [1.165, 1.54) is 57.3 Å². The molecule has 0 saturated carbocycles. The maximum atomic E-state index is 3.28. The predicted molar refractivity (Wildman–Crippen MR) is 87.1 cm³/mol. The molecule has 0 aromatic heterocycles. The van der Waals surface area contributed by atoms with Crippen molar-refractivity contribution in [3.8, 4) is 0 Å². The second-order valence-electron chi connectivity index (χ2n) is 6.12. The van der Waals surface area contributed by atoms with Crippen LogP contribution in [0.5, 0.6) is 0 Å². The van der Waals surface area contributed by atoms with Gasteiger partial charge in [-0.05, 0) is 70.3 Å². The monoisotopic (exact) mass is 274 g/mol. The highest BCUT2D eigenvalue weighted by Crippen LogP contribution is 2.23. The van der Waals surface area contributed by atoms with Gasteiger partial charge in [-0.3, -0.25) is 0 Å². The number of likely N-dealkylation sites (tertiary alicyclic amines) is 1. The molecule has 2 heteroatoms. The van der Waals surface area contributed by atoms with Gasteiger partial charge in [0.15, 0.2) is 0 Å². The van der Waals surface area contributed by atoms with Gasteiger partial charge in [0.1, 0.15) is 0 Å². The van der Waals surface area contributed by atoms with Gasteiger partial charge in [-0.25, -0.2) is 0 Å². The zero-order valence-electron chi connectivity index (χ0n) is 13.1. The van der Waals surface area contributed by atoms with Gasteiger partial charge >= 0.3 is 0 Å². The molecule has 1 saturated heterocycles. The Bertz CT molecular complexity index is 355. The summed E-state index contributed by atoms with van der Waals surface area (Å²) in [6, 6.07) is 11.7. The first-order chi connectivity index (χ1) is 9.83. The zero-order valence-corrected chi connectivity index (χ0v) is 13.1. The fourth-order valence-corrected chi connectivity index (χ4v) is 3.37. The lowest BCUT2D eigenvalue weighted by atomic mass is 9.91. The molecule has 1 aromatic rings. The number of hydrogen-bond acceptors (Lipinski definition) is 2. The molecular formula is C18H30N2. The Hall–Kier alpha value is -0.860. The van der Waals surface area contributed by atoms with Crippen molar-refractivity contribution in [2.45, 2.75) is 45.1 Å². The molecule has 0 aliphatic carbocycles. The molecule has 0 amide bonds. The molecule has 0 spiro atoms. The highest BCUT2D eigenvalue weighted by atomic mass is 15.2. The number of hydrogen-bond donors (Lipinski definition) is 1. The van der Waals surface area contributed by atoms with E-state index in [1.54, 1.807) is 0 Å². The minimum atomic E-state index is 0.725. The van der Waals surface area contributed by atoms with Crippen molar-refractivity contribution in [1.82, 2.24) is 10.2 Å². The summed E-state index contributed by atoms with van der Waals surface area (Å²) < 4.78 is 0. The summed E-state index contributed by atoms with van der Waals surface area (Å²) >= 11 is 0. The van der Waals surface area contributed by atoms with E-state index < -0.39 is 0 Å². The molecule has 0 radical (unpaired) electrons. The summed E-state index contributed by atoms with van der Waals surface area (Å²) in [7, 11) is 2.06. The van der Waals surface area contributed by atoms with Gasteiger partial charge < -0.3 is 10.2 Å². The number of nitrogens with one attached hydrogen (secondary N) is 1. The molecule has 1 N–H and O–H groups in total. The summed E-state index contributed by atoms with van der Waals surface area (Å²) in [6.07, 6.45) is 6.58. The highest BCUT2D eigenvalue weighted by molar-refractivity contribution is 5.16. The third-order valence-electron chi connectivity index (χ3n) is 4.75. The van der Waals surface area contributed by atoms with Crippen LogP contribution in [0.25, 0.3) is 0 Å². The van der Waals surface area contributed by atoms with E-state index in [-0.39, 0.29) is 0 Å². The van der Waals surface area contributed by atoms with E-state index in [9.17, 15) is 0 Å². The SMILES string of the molecule is CCC(Cc1ccccc1)N1CCC(CCNC)CC1. The molecule has 1 fully saturated rings. The first-order valence-corrected chi connectivity index (χ1v) is 8.26. The Labute approximate surface area is 124 Å². The summed E-state index contributed by atoms with van der Waals surface area (Å²) in [4.78, 5) is 2.73. The van der Waals surface area contributed by atoms with Gasteiger partial charge in [-0.2, -0.15) is 0 Å². The van der Waals surface area contributed by atoms with Crippen LogP contribution in [-0.2, 0) is 6.42 Å². The normalized spacial score (nSPS) is 19.1. The molecular weight excluding hydrogens is 244 g/mol. The lowest BCUT2D eigenvalue weighted by molar-refractivity contribution is 0.125. The zero-order chi connectivity index (χ0) is 14.2. The Balaban J connectivity index is 1.81. The largest absolute Gasteiger partial charge is 0.320 e. The van der Waals surface area contributed by atoms with Crippen LogP contribution < -0.4 is 5.32 Å². The molecule has 1 unspecified atom stereocenters. The summed E-state index contributed by atoms with van der Waals surface area (Å²) in [5.41, 5.74) is 1.48. The van der Waals surface area contributed by atoms with E-state index in [1.807, 2.05) is 0 Å². The van der Waals surface area contributed by atoms with Crippen LogP contribution in [0.4, 0.5) is 0 Å². The van der Waals surface area contributed by atoms with Gasteiger partial charge in [0.25, 0.3) is 0 Å². The maximum Gasteiger partial charge on any atom is 0.0133 e. The molecule has 1 aliphatic rings. The van der Waals surface area contributed by atoms with Crippen molar-refractivity contribution in [2.75, 3.05) is 26.7 Å². The summed E-state index contributed by atoms with van der Waals surface area (Å²) in [5.74, 6) is 0.938. The quantitative estimate of drug-likeness (QED) is 0.820. The summed E-state index contributed by atoms with van der Waals surface area (Å²) in [6.45, 7) is 6.09. The molecule has 2 rings (SSSR count). The van der Waals surface area contributed by atoms with Gasteiger partial charge in [0, 0.05) is 6.04 Å². The Morgan fingerprint density at radius 2 is 1.90 bits per heavy atom. The standard InChI is InChI=1S/C18H30N2/c1-3-18(15-17-7-5-4-6-8-17)20-13-10-16(11-14-20)9-12-19-2/h4-8,16,18-19H,3,9-15H2,1-2H3. The second-order valence-corrected chi connectivity index (χ2v) is 6.12. The molecule has 1 aliphatic heterocycles. The van der Waals surface area contributed by atoms with Crippen LogP contribution >= 0.6 is 0 Å². The van der Waals surface area contributed by atoms with E-state index >= 15 is 0 Å². The Morgan fingerprint density at radius 1 is 1.20 bits per heavy atom. The third-order valence-corrected chi connectivity index (χ3v) is 4.75. The topological polar surface area (TPSA) is 15.3 Å². The average Bonchev–Trinajstić information content (AvgIpc) is 2.52. The first kappa shape index (κ1) is 15.5. The molecule has 1 aromatic carbocycles. The summed E-state index contributed by atoms with van der Waals surface area (Å²) in [5, 5.41) is 3.28. The van der Waals surface area contributed by atoms with Crippen LogP contribution in [0, 0.1) is 5.92 Å². The fourth-order valence-electron chi connectivity index (χ4n) is 3.37. The smallest absolute Gasteiger partial charge is 0.0133 e. The van der Waals surface area contributed by atoms with E-state index in [2.05, 4.69) is 54.5 Å². The average molecular weight is 274 g/mol. The minimum absolute atomic E-state index is 0.725. The van der Waals surface area contributed by atoms with E-state index in [0.717, 1.165) is 12.0 Å². The van der Waals surface area contributed by atoms with Crippen LogP contribution in [0.3, 0.4) is 0 Å². The molecule has 112 valence electrons. The van der Waals surface area contributed by atoms with Gasteiger partial charge in [-0.1, -0.05) is 37.3 Å². The van der Waals surface area contributed by atoms with Crippen LogP contribution in [0.1, 0.15) is 38.2 Å². The van der Waals surface area contributed by atoms with Gasteiger partial charge in [0.05, 0.1) is 0 Å². The van der Waals surface area contributed by atoms with Crippen molar-refractivity contribution < 1.29 is 0 Å². The van der Waals surface area contributed by atoms with Crippen molar-refractivity contribution >= 4 is 0 Å². The van der Waals surface area contributed by atoms with E-state index in [4.69, 9.17) is 0 Å². The first-order valence-electron chi connectivity index (χ1n) is 8.26. The van der Waals surface area contributed by atoms with Crippen molar-refractivity contribution in [3.63, 3.8) is 0 Å².